The molecule has 4 rings (SSSR count). The van der Waals surface area contributed by atoms with Crippen molar-refractivity contribution in [2.45, 2.75) is 63.5 Å². The standard InChI is InChI=1S/C17H25NS/c1-2-5-13(4-1)17(16-6-3-9-19-16)18-15-11-12-7-8-14(15)10-12/h3,6,9,12-15,17-18H,1-2,4-5,7-8,10-11H2. The number of hydrogen-bond acceptors (Lipinski definition) is 2. The van der Waals surface area contributed by atoms with Gasteiger partial charge >= 0.3 is 0 Å². The van der Waals surface area contributed by atoms with Crippen LogP contribution in [0.25, 0.3) is 0 Å². The number of hydrogen-bond donors (Lipinski definition) is 1. The summed E-state index contributed by atoms with van der Waals surface area (Å²) in [6, 6.07) is 6.07. The van der Waals surface area contributed by atoms with Gasteiger partial charge in [-0.15, -0.1) is 11.3 Å². The average molecular weight is 275 g/mol. The van der Waals surface area contributed by atoms with Gasteiger partial charge in [0, 0.05) is 17.0 Å². The van der Waals surface area contributed by atoms with E-state index in [9.17, 15) is 0 Å². The van der Waals surface area contributed by atoms with Gasteiger partial charge < -0.3 is 5.32 Å². The molecule has 0 amide bonds. The molecule has 2 bridgehead atoms. The Hall–Kier alpha value is -0.340. The second-order valence-corrected chi connectivity index (χ2v) is 7.96. The second kappa shape index (κ2) is 5.21. The highest BCUT2D eigenvalue weighted by Gasteiger charge is 2.41. The first kappa shape index (κ1) is 12.4. The first-order chi connectivity index (χ1) is 9.40. The van der Waals surface area contributed by atoms with Crippen molar-refractivity contribution in [1.82, 2.24) is 5.32 Å². The normalized spacial score (nSPS) is 36.1. The van der Waals surface area contributed by atoms with Crippen LogP contribution in [-0.2, 0) is 0 Å². The molecule has 4 unspecified atom stereocenters. The van der Waals surface area contributed by atoms with Gasteiger partial charge in [-0.3, -0.25) is 0 Å². The quantitative estimate of drug-likeness (QED) is 0.835. The van der Waals surface area contributed by atoms with Crippen LogP contribution in [0.2, 0.25) is 0 Å². The highest BCUT2D eigenvalue weighted by Crippen LogP contribution is 2.46. The predicted molar refractivity (Wildman–Crippen MR) is 81.4 cm³/mol. The maximum absolute atomic E-state index is 4.10. The molecule has 3 fully saturated rings. The monoisotopic (exact) mass is 275 g/mol. The molecule has 0 aromatic carbocycles. The van der Waals surface area contributed by atoms with Crippen LogP contribution in [0.3, 0.4) is 0 Å². The zero-order valence-electron chi connectivity index (χ0n) is 11.7. The van der Waals surface area contributed by atoms with Crippen LogP contribution >= 0.6 is 11.3 Å². The van der Waals surface area contributed by atoms with Crippen molar-refractivity contribution >= 4 is 11.3 Å². The molecule has 3 saturated carbocycles. The van der Waals surface area contributed by atoms with Crippen molar-refractivity contribution in [1.29, 1.82) is 0 Å². The molecule has 1 N–H and O–H groups in total. The summed E-state index contributed by atoms with van der Waals surface area (Å²) in [5, 5.41) is 6.35. The third-order valence-electron chi connectivity index (χ3n) is 5.85. The van der Waals surface area contributed by atoms with Crippen LogP contribution in [0.15, 0.2) is 17.5 Å². The highest BCUT2D eigenvalue weighted by molar-refractivity contribution is 7.10. The van der Waals surface area contributed by atoms with Gasteiger partial charge in [0.1, 0.15) is 0 Å². The number of nitrogens with one attached hydrogen (secondary N) is 1. The summed E-state index contributed by atoms with van der Waals surface area (Å²) in [5.41, 5.74) is 0. The fraction of sp³-hybridized carbons (Fsp3) is 0.765. The van der Waals surface area contributed by atoms with E-state index < -0.39 is 0 Å². The summed E-state index contributed by atoms with van der Waals surface area (Å²) >= 11 is 1.96. The van der Waals surface area contributed by atoms with Gasteiger partial charge in [0.2, 0.25) is 0 Å². The summed E-state index contributed by atoms with van der Waals surface area (Å²) in [5.74, 6) is 2.95. The molecule has 19 heavy (non-hydrogen) atoms. The van der Waals surface area contributed by atoms with Crippen molar-refractivity contribution in [2.24, 2.45) is 17.8 Å². The zero-order chi connectivity index (χ0) is 12.7. The first-order valence-electron chi connectivity index (χ1n) is 8.19. The molecule has 4 atom stereocenters. The Morgan fingerprint density at radius 2 is 2.00 bits per heavy atom. The molecule has 3 aliphatic rings. The maximum Gasteiger partial charge on any atom is 0.0445 e. The van der Waals surface area contributed by atoms with E-state index in [0.29, 0.717) is 6.04 Å². The summed E-state index contributed by atoms with van der Waals surface area (Å²) in [6.07, 6.45) is 11.8. The Balaban J connectivity index is 1.50. The zero-order valence-corrected chi connectivity index (χ0v) is 12.5. The lowest BCUT2D eigenvalue weighted by atomic mass is 9.91. The van der Waals surface area contributed by atoms with Crippen LogP contribution in [0, 0.1) is 17.8 Å². The van der Waals surface area contributed by atoms with Gasteiger partial charge in [-0.25, -0.2) is 0 Å². The van der Waals surface area contributed by atoms with Crippen molar-refractivity contribution in [3.05, 3.63) is 22.4 Å². The van der Waals surface area contributed by atoms with Crippen molar-refractivity contribution in [3.8, 4) is 0 Å². The fourth-order valence-electron chi connectivity index (χ4n) is 4.89. The molecule has 104 valence electrons. The van der Waals surface area contributed by atoms with Crippen LogP contribution in [-0.4, -0.2) is 6.04 Å². The molecular weight excluding hydrogens is 250 g/mol. The van der Waals surface area contributed by atoms with E-state index >= 15 is 0 Å². The van der Waals surface area contributed by atoms with Gasteiger partial charge in [-0.05, 0) is 61.3 Å². The Morgan fingerprint density at radius 1 is 1.11 bits per heavy atom. The number of thiophene rings is 1. The van der Waals surface area contributed by atoms with Gasteiger partial charge in [0.25, 0.3) is 0 Å². The van der Waals surface area contributed by atoms with E-state index in [1.54, 1.807) is 4.88 Å². The third kappa shape index (κ3) is 2.38. The molecule has 1 heterocycles. The lowest BCUT2D eigenvalue weighted by Crippen LogP contribution is -2.39. The summed E-state index contributed by atoms with van der Waals surface area (Å²) < 4.78 is 0. The van der Waals surface area contributed by atoms with Crippen molar-refractivity contribution < 1.29 is 0 Å². The molecule has 1 nitrogen and oxygen atoms in total. The molecular formula is C17H25NS. The van der Waals surface area contributed by atoms with Crippen LogP contribution in [0.4, 0.5) is 0 Å². The number of fused-ring (bicyclic) bond motifs is 2. The molecule has 0 saturated heterocycles. The summed E-state index contributed by atoms with van der Waals surface area (Å²) in [6.45, 7) is 0. The third-order valence-corrected chi connectivity index (χ3v) is 6.81. The Bertz CT molecular complexity index is 407. The SMILES string of the molecule is c1csc(C(NC2CC3CCC2C3)C2CCCC2)c1. The average Bonchev–Trinajstić information content (AvgIpc) is 3.18. The fourth-order valence-corrected chi connectivity index (χ4v) is 5.77. The lowest BCUT2D eigenvalue weighted by Gasteiger charge is -2.31. The summed E-state index contributed by atoms with van der Waals surface area (Å²) in [7, 11) is 0. The van der Waals surface area contributed by atoms with Crippen molar-refractivity contribution in [3.63, 3.8) is 0 Å². The van der Waals surface area contributed by atoms with Crippen LogP contribution in [0.1, 0.15) is 62.3 Å². The molecule has 2 heteroatoms. The van der Waals surface area contributed by atoms with Gasteiger partial charge in [0.05, 0.1) is 0 Å². The highest BCUT2D eigenvalue weighted by atomic mass is 32.1. The topological polar surface area (TPSA) is 12.0 Å². The minimum atomic E-state index is 0.659. The smallest absolute Gasteiger partial charge is 0.0445 e. The van der Waals surface area contributed by atoms with Crippen LogP contribution < -0.4 is 5.32 Å². The summed E-state index contributed by atoms with van der Waals surface area (Å²) in [4.78, 5) is 1.59. The van der Waals surface area contributed by atoms with Gasteiger partial charge in [0.15, 0.2) is 0 Å². The lowest BCUT2D eigenvalue weighted by molar-refractivity contribution is 0.272. The molecule has 3 aliphatic carbocycles. The van der Waals surface area contributed by atoms with Gasteiger partial charge in [-0.1, -0.05) is 25.3 Å². The van der Waals surface area contributed by atoms with E-state index in [4.69, 9.17) is 0 Å². The predicted octanol–water partition coefficient (Wildman–Crippen LogP) is 4.76. The van der Waals surface area contributed by atoms with Crippen molar-refractivity contribution in [2.75, 3.05) is 0 Å². The first-order valence-corrected chi connectivity index (χ1v) is 9.07. The molecule has 0 spiro atoms. The molecule has 0 radical (unpaired) electrons. The second-order valence-electron chi connectivity index (χ2n) is 6.99. The Labute approximate surface area is 120 Å². The minimum absolute atomic E-state index is 0.659. The van der Waals surface area contributed by atoms with Crippen LogP contribution in [0.5, 0.6) is 0 Å². The van der Waals surface area contributed by atoms with E-state index in [1.807, 2.05) is 11.3 Å². The molecule has 1 aromatic rings. The van der Waals surface area contributed by atoms with E-state index in [2.05, 4.69) is 22.8 Å². The Kier molecular flexibility index (Phi) is 3.40. The number of rotatable bonds is 4. The van der Waals surface area contributed by atoms with Gasteiger partial charge in [-0.2, -0.15) is 0 Å². The molecule has 1 aromatic heterocycles. The Morgan fingerprint density at radius 3 is 2.63 bits per heavy atom. The van der Waals surface area contributed by atoms with E-state index in [0.717, 1.165) is 23.8 Å². The van der Waals surface area contributed by atoms with E-state index in [1.165, 1.54) is 51.4 Å². The minimum Gasteiger partial charge on any atom is -0.306 e. The maximum atomic E-state index is 4.10. The largest absolute Gasteiger partial charge is 0.306 e. The van der Waals surface area contributed by atoms with E-state index in [-0.39, 0.29) is 0 Å². The molecule has 0 aliphatic heterocycles.